The van der Waals surface area contributed by atoms with Crippen molar-refractivity contribution < 1.29 is 9.50 Å². The molecule has 0 unspecified atom stereocenters. The van der Waals surface area contributed by atoms with Gasteiger partial charge < -0.3 is 14.9 Å². The van der Waals surface area contributed by atoms with E-state index >= 15 is 0 Å². The Bertz CT molecular complexity index is 843. The van der Waals surface area contributed by atoms with Crippen LogP contribution in [0.15, 0.2) is 42.5 Å². The van der Waals surface area contributed by atoms with E-state index < -0.39 is 0 Å². The van der Waals surface area contributed by atoms with Gasteiger partial charge in [-0.1, -0.05) is 29.5 Å². The molecule has 4 nitrogen and oxygen atoms in total. The molecule has 1 N–H and O–H groups in total. The number of phenols is 1. The summed E-state index contributed by atoms with van der Waals surface area (Å²) in [7, 11) is 0. The van der Waals surface area contributed by atoms with Gasteiger partial charge in [0.15, 0.2) is 5.13 Å². The van der Waals surface area contributed by atoms with Crippen molar-refractivity contribution in [3.63, 3.8) is 0 Å². The van der Waals surface area contributed by atoms with Crippen molar-refractivity contribution >= 4 is 32.4 Å². The van der Waals surface area contributed by atoms with Crippen LogP contribution in [0.25, 0.3) is 10.2 Å². The van der Waals surface area contributed by atoms with Crippen molar-refractivity contribution in [2.75, 3.05) is 36.0 Å². The minimum Gasteiger partial charge on any atom is -0.506 e. The van der Waals surface area contributed by atoms with Gasteiger partial charge in [0.1, 0.15) is 17.1 Å². The lowest BCUT2D eigenvalue weighted by atomic mass is 10.2. The summed E-state index contributed by atoms with van der Waals surface area (Å²) in [6.45, 7) is 3.21. The molecule has 0 aliphatic carbocycles. The lowest BCUT2D eigenvalue weighted by Crippen LogP contribution is -2.46. The highest BCUT2D eigenvalue weighted by Crippen LogP contribution is 2.32. The zero-order valence-electron chi connectivity index (χ0n) is 12.4. The Labute approximate surface area is 137 Å². The number of hydrogen-bond acceptors (Lipinski definition) is 5. The quantitative estimate of drug-likeness (QED) is 0.781. The van der Waals surface area contributed by atoms with Gasteiger partial charge >= 0.3 is 0 Å². The highest BCUT2D eigenvalue weighted by atomic mass is 32.1. The number of phenolic OH excluding ortho intramolecular Hbond substituents is 1. The number of para-hydroxylation sites is 3. The zero-order chi connectivity index (χ0) is 15.8. The second-order valence-corrected chi connectivity index (χ2v) is 6.55. The van der Waals surface area contributed by atoms with Gasteiger partial charge in [-0.25, -0.2) is 9.37 Å². The number of rotatable bonds is 2. The summed E-state index contributed by atoms with van der Waals surface area (Å²) in [5, 5.41) is 10.8. The Kier molecular flexibility index (Phi) is 3.53. The topological polar surface area (TPSA) is 39.6 Å². The van der Waals surface area contributed by atoms with Gasteiger partial charge in [0.25, 0.3) is 0 Å². The maximum absolute atomic E-state index is 13.8. The van der Waals surface area contributed by atoms with Gasteiger partial charge in [-0.05, 0) is 24.3 Å². The molecule has 2 aromatic carbocycles. The fraction of sp³-hybridized carbons (Fsp3) is 0.235. The Morgan fingerprint density at radius 1 is 0.957 bits per heavy atom. The standard InChI is InChI=1S/C17H16FN3OS/c18-12-4-3-7-15-16(12)19-17(23-15)21-10-8-20(9-11-21)13-5-1-2-6-14(13)22/h1-7,22H,8-11H2. The number of nitrogens with zero attached hydrogens (tertiary/aromatic N) is 3. The smallest absolute Gasteiger partial charge is 0.186 e. The van der Waals surface area contributed by atoms with Crippen molar-refractivity contribution in [2.24, 2.45) is 0 Å². The number of benzene rings is 2. The summed E-state index contributed by atoms with van der Waals surface area (Å²) in [5.41, 5.74) is 1.32. The molecule has 1 saturated heterocycles. The van der Waals surface area contributed by atoms with E-state index in [1.165, 1.54) is 17.4 Å². The molecular weight excluding hydrogens is 313 g/mol. The summed E-state index contributed by atoms with van der Waals surface area (Å²) in [6, 6.07) is 12.5. The highest BCUT2D eigenvalue weighted by molar-refractivity contribution is 7.22. The van der Waals surface area contributed by atoms with Crippen LogP contribution in [-0.2, 0) is 0 Å². The molecule has 1 aliphatic rings. The lowest BCUT2D eigenvalue weighted by molar-refractivity contribution is 0.472. The molecule has 6 heteroatoms. The van der Waals surface area contributed by atoms with Gasteiger partial charge in [0.05, 0.1) is 10.4 Å². The van der Waals surface area contributed by atoms with Crippen LogP contribution in [0.4, 0.5) is 15.2 Å². The average Bonchev–Trinajstić information content (AvgIpc) is 3.01. The van der Waals surface area contributed by atoms with Crippen LogP contribution < -0.4 is 9.80 Å². The SMILES string of the molecule is Oc1ccccc1N1CCN(c2nc3c(F)cccc3s2)CC1. The maximum atomic E-state index is 13.8. The van der Waals surface area contributed by atoms with Crippen LogP contribution in [0.5, 0.6) is 5.75 Å². The van der Waals surface area contributed by atoms with Gasteiger partial charge in [-0.15, -0.1) is 0 Å². The summed E-state index contributed by atoms with van der Waals surface area (Å²) in [6.07, 6.45) is 0. The van der Waals surface area contributed by atoms with Gasteiger partial charge in [0.2, 0.25) is 0 Å². The lowest BCUT2D eigenvalue weighted by Gasteiger charge is -2.36. The minimum atomic E-state index is -0.266. The molecule has 4 rings (SSSR count). The molecule has 1 fully saturated rings. The average molecular weight is 329 g/mol. The number of halogens is 1. The third-order valence-corrected chi connectivity index (χ3v) is 5.21. The van der Waals surface area contributed by atoms with Crippen molar-refractivity contribution in [2.45, 2.75) is 0 Å². The van der Waals surface area contributed by atoms with Crippen molar-refractivity contribution in [3.8, 4) is 5.75 Å². The van der Waals surface area contributed by atoms with E-state index in [2.05, 4.69) is 14.8 Å². The summed E-state index contributed by atoms with van der Waals surface area (Å²) in [5.74, 6) is 0.0425. The number of thiazole rings is 1. The first-order valence-electron chi connectivity index (χ1n) is 7.55. The molecular formula is C17H16FN3OS. The molecule has 1 aliphatic heterocycles. The van der Waals surface area contributed by atoms with Crippen LogP contribution in [-0.4, -0.2) is 36.3 Å². The van der Waals surface area contributed by atoms with Crippen molar-refractivity contribution in [1.29, 1.82) is 0 Å². The van der Waals surface area contributed by atoms with Crippen LogP contribution in [0.3, 0.4) is 0 Å². The Hall–Kier alpha value is -2.34. The fourth-order valence-electron chi connectivity index (χ4n) is 2.91. The van der Waals surface area contributed by atoms with Gasteiger partial charge in [-0.3, -0.25) is 0 Å². The number of piperazine rings is 1. The van der Waals surface area contributed by atoms with Gasteiger partial charge in [-0.2, -0.15) is 0 Å². The van der Waals surface area contributed by atoms with E-state index in [9.17, 15) is 9.50 Å². The predicted octanol–water partition coefficient (Wildman–Crippen LogP) is 3.47. The number of hydrogen-bond donors (Lipinski definition) is 1. The molecule has 0 bridgehead atoms. The van der Waals surface area contributed by atoms with E-state index in [-0.39, 0.29) is 5.82 Å². The molecule has 0 atom stereocenters. The normalized spacial score (nSPS) is 15.3. The Balaban J connectivity index is 1.53. The van der Waals surface area contributed by atoms with Crippen LogP contribution >= 0.6 is 11.3 Å². The molecule has 23 heavy (non-hydrogen) atoms. The summed E-state index contributed by atoms with van der Waals surface area (Å²) >= 11 is 1.53. The van der Waals surface area contributed by atoms with Crippen LogP contribution in [0.1, 0.15) is 0 Å². The largest absolute Gasteiger partial charge is 0.506 e. The van der Waals surface area contributed by atoms with E-state index in [0.717, 1.165) is 41.7 Å². The Morgan fingerprint density at radius 3 is 2.43 bits per heavy atom. The minimum absolute atomic E-state index is 0.266. The van der Waals surface area contributed by atoms with Crippen LogP contribution in [0, 0.1) is 5.82 Å². The predicted molar refractivity (Wildman–Crippen MR) is 92.1 cm³/mol. The molecule has 0 saturated carbocycles. The molecule has 0 amide bonds. The second-order valence-electron chi connectivity index (χ2n) is 5.55. The molecule has 118 valence electrons. The number of fused-ring (bicyclic) bond motifs is 1. The molecule has 0 spiro atoms. The van der Waals surface area contributed by atoms with E-state index in [4.69, 9.17) is 0 Å². The summed E-state index contributed by atoms with van der Waals surface area (Å²) < 4.78 is 14.7. The number of aromatic hydroxyl groups is 1. The maximum Gasteiger partial charge on any atom is 0.186 e. The van der Waals surface area contributed by atoms with Crippen LogP contribution in [0.2, 0.25) is 0 Å². The highest BCUT2D eigenvalue weighted by Gasteiger charge is 2.21. The number of aromatic nitrogens is 1. The first kappa shape index (κ1) is 14.3. The van der Waals surface area contributed by atoms with Crippen molar-refractivity contribution in [1.82, 2.24) is 4.98 Å². The number of anilines is 2. The van der Waals surface area contributed by atoms with E-state index in [1.54, 1.807) is 12.1 Å². The third kappa shape index (κ3) is 2.59. The second kappa shape index (κ2) is 5.70. The van der Waals surface area contributed by atoms with E-state index in [1.807, 2.05) is 24.3 Å². The first-order valence-corrected chi connectivity index (χ1v) is 8.37. The fourth-order valence-corrected chi connectivity index (χ4v) is 3.94. The molecule has 1 aromatic heterocycles. The van der Waals surface area contributed by atoms with Gasteiger partial charge in [0, 0.05) is 26.2 Å². The summed E-state index contributed by atoms with van der Waals surface area (Å²) in [4.78, 5) is 8.80. The monoisotopic (exact) mass is 329 g/mol. The zero-order valence-corrected chi connectivity index (χ0v) is 13.3. The third-order valence-electron chi connectivity index (χ3n) is 4.13. The molecule has 2 heterocycles. The van der Waals surface area contributed by atoms with Crippen molar-refractivity contribution in [3.05, 3.63) is 48.3 Å². The Morgan fingerprint density at radius 2 is 1.70 bits per heavy atom. The first-order chi connectivity index (χ1) is 11.2. The molecule has 0 radical (unpaired) electrons. The van der Waals surface area contributed by atoms with E-state index in [0.29, 0.717) is 11.3 Å². The molecule has 3 aromatic rings.